The summed E-state index contributed by atoms with van der Waals surface area (Å²) in [7, 11) is 0. The number of nitrogens with one attached hydrogen (secondary N) is 1. The summed E-state index contributed by atoms with van der Waals surface area (Å²) in [5.41, 5.74) is 4.83. The zero-order valence-corrected chi connectivity index (χ0v) is 17.5. The molecule has 0 atom stereocenters. The Morgan fingerprint density at radius 1 is 1.03 bits per heavy atom. The van der Waals surface area contributed by atoms with Gasteiger partial charge in [0.25, 0.3) is 5.91 Å². The van der Waals surface area contributed by atoms with Crippen molar-refractivity contribution in [2.24, 2.45) is 0 Å². The fourth-order valence-corrected chi connectivity index (χ4v) is 3.42. The largest absolute Gasteiger partial charge is 0.350 e. The molecule has 2 aromatic carbocycles. The minimum atomic E-state index is -0.379. The van der Waals surface area contributed by atoms with Gasteiger partial charge in [-0.15, -0.1) is 0 Å². The number of pyridine rings is 1. The van der Waals surface area contributed by atoms with Gasteiger partial charge in [0.05, 0.1) is 11.4 Å². The molecule has 2 heterocycles. The number of amides is 1. The average Bonchev–Trinajstić information content (AvgIpc) is 3.21. The predicted octanol–water partition coefficient (Wildman–Crippen LogP) is 4.66. The second kappa shape index (κ2) is 8.92. The van der Waals surface area contributed by atoms with Crippen molar-refractivity contribution >= 4 is 5.91 Å². The molecule has 0 aliphatic carbocycles. The molecule has 1 N–H and O–H groups in total. The molecule has 2 aromatic heterocycles. The minimum Gasteiger partial charge on any atom is -0.350 e. The lowest BCUT2D eigenvalue weighted by Gasteiger charge is -2.11. The molecular weight excluding hydrogens is 391 g/mol. The highest BCUT2D eigenvalue weighted by molar-refractivity contribution is 5.94. The van der Waals surface area contributed by atoms with Crippen molar-refractivity contribution in [2.75, 3.05) is 6.54 Å². The number of carbonyl (C=O) groups excluding carboxylic acids is 1. The topological polar surface area (TPSA) is 59.8 Å². The molecular formula is C25H23FN4O. The van der Waals surface area contributed by atoms with Crippen LogP contribution in [0, 0.1) is 19.7 Å². The number of hydrogen-bond donors (Lipinski definition) is 1. The number of rotatable bonds is 6. The Balaban J connectivity index is 1.68. The Labute approximate surface area is 180 Å². The summed E-state index contributed by atoms with van der Waals surface area (Å²) in [5, 5.41) is 7.54. The van der Waals surface area contributed by atoms with Gasteiger partial charge in [-0.05, 0) is 61.4 Å². The second-order valence-corrected chi connectivity index (χ2v) is 7.42. The lowest BCUT2D eigenvalue weighted by atomic mass is 10.1. The van der Waals surface area contributed by atoms with Gasteiger partial charge in [-0.3, -0.25) is 9.78 Å². The number of nitrogens with zero attached hydrogens (tertiary/aromatic N) is 3. The third-order valence-electron chi connectivity index (χ3n) is 5.08. The zero-order chi connectivity index (χ0) is 21.8. The van der Waals surface area contributed by atoms with Crippen LogP contribution >= 0.6 is 0 Å². The average molecular weight is 414 g/mol. The normalized spacial score (nSPS) is 10.8. The number of halogens is 1. The van der Waals surface area contributed by atoms with Crippen LogP contribution in [0.3, 0.4) is 0 Å². The molecule has 5 nitrogen and oxygen atoms in total. The van der Waals surface area contributed by atoms with E-state index in [2.05, 4.69) is 15.4 Å². The summed E-state index contributed by atoms with van der Waals surface area (Å²) in [5.74, 6) is -0.651. The molecule has 0 saturated carbocycles. The molecule has 31 heavy (non-hydrogen) atoms. The Morgan fingerprint density at radius 2 is 1.84 bits per heavy atom. The zero-order valence-electron chi connectivity index (χ0n) is 17.5. The van der Waals surface area contributed by atoms with Gasteiger partial charge >= 0.3 is 0 Å². The lowest BCUT2D eigenvalue weighted by Crippen LogP contribution is -2.28. The van der Waals surface area contributed by atoms with Gasteiger partial charge < -0.3 is 5.32 Å². The van der Waals surface area contributed by atoms with Gasteiger partial charge in [0.15, 0.2) is 0 Å². The molecule has 0 aliphatic heterocycles. The number of hydrogen-bond acceptors (Lipinski definition) is 3. The molecule has 0 spiro atoms. The molecule has 156 valence electrons. The minimum absolute atomic E-state index is 0.271. The second-order valence-electron chi connectivity index (χ2n) is 7.42. The first-order valence-corrected chi connectivity index (χ1v) is 10.1. The Bertz CT molecular complexity index is 1220. The molecule has 4 rings (SSSR count). The van der Waals surface area contributed by atoms with Crippen molar-refractivity contribution < 1.29 is 9.18 Å². The summed E-state index contributed by atoms with van der Waals surface area (Å²) in [4.78, 5) is 17.3. The van der Waals surface area contributed by atoms with E-state index in [1.807, 2.05) is 50.2 Å². The first-order chi connectivity index (χ1) is 15.0. The Morgan fingerprint density at radius 3 is 2.61 bits per heavy atom. The molecule has 0 bridgehead atoms. The highest BCUT2D eigenvalue weighted by Crippen LogP contribution is 2.25. The van der Waals surface area contributed by atoms with Crippen molar-refractivity contribution in [3.8, 4) is 16.9 Å². The van der Waals surface area contributed by atoms with Gasteiger partial charge in [0.2, 0.25) is 0 Å². The quantitative estimate of drug-likeness (QED) is 0.499. The van der Waals surface area contributed by atoms with Crippen molar-refractivity contribution in [1.82, 2.24) is 20.1 Å². The molecule has 0 saturated heterocycles. The molecule has 0 radical (unpaired) electrons. The predicted molar refractivity (Wildman–Crippen MR) is 119 cm³/mol. The van der Waals surface area contributed by atoms with Crippen LogP contribution < -0.4 is 5.32 Å². The van der Waals surface area contributed by atoms with Crippen LogP contribution in [0.4, 0.5) is 4.39 Å². The maximum absolute atomic E-state index is 14.4. The van der Waals surface area contributed by atoms with Crippen LogP contribution in [-0.2, 0) is 6.42 Å². The van der Waals surface area contributed by atoms with Crippen LogP contribution in [0.1, 0.15) is 27.3 Å². The summed E-state index contributed by atoms with van der Waals surface area (Å²) in [6, 6.07) is 19.7. The fraction of sp³-hybridized carbons (Fsp3) is 0.160. The van der Waals surface area contributed by atoms with Crippen LogP contribution in [0.25, 0.3) is 16.9 Å². The number of benzene rings is 2. The molecule has 0 aliphatic rings. The molecule has 0 unspecified atom stereocenters. The van der Waals surface area contributed by atoms with E-state index in [9.17, 15) is 9.18 Å². The summed E-state index contributed by atoms with van der Waals surface area (Å²) < 4.78 is 16.0. The van der Waals surface area contributed by atoms with Gasteiger partial charge in [0.1, 0.15) is 11.5 Å². The van der Waals surface area contributed by atoms with Crippen molar-refractivity contribution in [3.05, 3.63) is 101 Å². The van der Waals surface area contributed by atoms with Crippen LogP contribution in [-0.4, -0.2) is 27.2 Å². The third-order valence-corrected chi connectivity index (χ3v) is 5.08. The van der Waals surface area contributed by atoms with Gasteiger partial charge in [-0.1, -0.05) is 30.3 Å². The Kier molecular flexibility index (Phi) is 5.89. The van der Waals surface area contributed by atoms with Crippen molar-refractivity contribution in [3.63, 3.8) is 0 Å². The highest BCUT2D eigenvalue weighted by atomic mass is 19.1. The van der Waals surface area contributed by atoms with E-state index in [-0.39, 0.29) is 11.7 Å². The van der Waals surface area contributed by atoms with Crippen LogP contribution in [0.5, 0.6) is 0 Å². The smallest absolute Gasteiger partial charge is 0.270 e. The van der Waals surface area contributed by atoms with Gasteiger partial charge in [-0.25, -0.2) is 9.07 Å². The lowest BCUT2D eigenvalue weighted by molar-refractivity contribution is 0.0946. The van der Waals surface area contributed by atoms with E-state index >= 15 is 0 Å². The standard InChI is InChI=1S/C25H23FN4O/c1-17-10-11-18(2)23(15-17)30-24(16-22(29-30)20-8-3-4-9-21(20)26)25(31)28-14-12-19-7-5-6-13-27-19/h3-11,13,15-16H,12,14H2,1-2H3,(H,28,31). The van der Waals surface area contributed by atoms with E-state index in [1.54, 1.807) is 35.1 Å². The summed E-state index contributed by atoms with van der Waals surface area (Å²) in [6.07, 6.45) is 2.35. The summed E-state index contributed by atoms with van der Waals surface area (Å²) in [6.45, 7) is 4.38. The van der Waals surface area contributed by atoms with E-state index in [1.165, 1.54) is 6.07 Å². The Hall–Kier alpha value is -3.80. The number of carbonyl (C=O) groups is 1. The fourth-order valence-electron chi connectivity index (χ4n) is 3.42. The molecule has 6 heteroatoms. The SMILES string of the molecule is Cc1ccc(C)c(-n2nc(-c3ccccc3F)cc2C(=O)NCCc2ccccn2)c1. The highest BCUT2D eigenvalue weighted by Gasteiger charge is 2.20. The van der Waals surface area contributed by atoms with E-state index in [0.717, 1.165) is 22.5 Å². The van der Waals surface area contributed by atoms with Crippen molar-refractivity contribution in [1.29, 1.82) is 0 Å². The maximum Gasteiger partial charge on any atom is 0.270 e. The van der Waals surface area contributed by atoms with E-state index in [0.29, 0.717) is 29.9 Å². The van der Waals surface area contributed by atoms with Gasteiger partial charge in [-0.2, -0.15) is 5.10 Å². The van der Waals surface area contributed by atoms with E-state index in [4.69, 9.17) is 0 Å². The van der Waals surface area contributed by atoms with Gasteiger partial charge in [0, 0.05) is 30.4 Å². The van der Waals surface area contributed by atoms with Crippen molar-refractivity contribution in [2.45, 2.75) is 20.3 Å². The maximum atomic E-state index is 14.4. The summed E-state index contributed by atoms with van der Waals surface area (Å²) >= 11 is 0. The van der Waals surface area contributed by atoms with Crippen LogP contribution in [0.15, 0.2) is 72.9 Å². The molecule has 0 fully saturated rings. The first-order valence-electron chi connectivity index (χ1n) is 10.1. The van der Waals surface area contributed by atoms with Crippen LogP contribution in [0.2, 0.25) is 0 Å². The third kappa shape index (κ3) is 4.53. The number of aryl methyl sites for hydroxylation is 2. The first kappa shape index (κ1) is 20.5. The molecule has 1 amide bonds. The molecule has 4 aromatic rings. The van der Waals surface area contributed by atoms with E-state index < -0.39 is 0 Å². The number of aromatic nitrogens is 3. The monoisotopic (exact) mass is 414 g/mol.